The second-order valence-electron chi connectivity index (χ2n) is 10.4. The fourth-order valence-electron chi connectivity index (χ4n) is 4.41. The average molecular weight is 582 g/mol. The van der Waals surface area contributed by atoms with Gasteiger partial charge in [0.1, 0.15) is 24.1 Å². The van der Waals surface area contributed by atoms with E-state index in [4.69, 9.17) is 27.9 Å². The quantitative estimate of drug-likeness (QED) is 0.188. The minimum atomic E-state index is -1.26. The molecule has 1 atom stereocenters. The molecule has 4 aromatic rings. The number of fused-ring (bicyclic) bond motifs is 1. The zero-order chi connectivity index (χ0) is 29.0. The van der Waals surface area contributed by atoms with Crippen LogP contribution in [0.3, 0.4) is 0 Å². The molecule has 0 aliphatic heterocycles. The molecule has 3 aromatic carbocycles. The molecule has 208 valence electrons. The summed E-state index contributed by atoms with van der Waals surface area (Å²) in [6.45, 7) is 5.80. The summed E-state index contributed by atoms with van der Waals surface area (Å²) >= 11 is 12.2. The molecule has 2 amide bonds. The lowest BCUT2D eigenvalue weighted by Crippen LogP contribution is -2.47. The second kappa shape index (κ2) is 12.0. The molecule has 3 N–H and O–H groups in total. The molecular weight excluding hydrogens is 553 g/mol. The molecule has 1 unspecified atom stereocenters. The maximum Gasteiger partial charge on any atom is 0.352 e. The lowest BCUT2D eigenvalue weighted by atomic mass is 9.98. The third-order valence-corrected chi connectivity index (χ3v) is 6.55. The third-order valence-electron chi connectivity index (χ3n) is 6.08. The van der Waals surface area contributed by atoms with Crippen LogP contribution >= 0.6 is 23.2 Å². The molecule has 40 heavy (non-hydrogen) atoms. The summed E-state index contributed by atoms with van der Waals surface area (Å²) in [5, 5.41) is 14.4. The van der Waals surface area contributed by atoms with Crippen molar-refractivity contribution in [2.24, 2.45) is 0 Å². The fraction of sp³-hybridized carbons (Fsp3) is 0.233. The van der Waals surface area contributed by atoms with Gasteiger partial charge in [0.25, 0.3) is 0 Å². The van der Waals surface area contributed by atoms with Gasteiger partial charge in [0.05, 0.1) is 0 Å². The molecule has 0 aliphatic carbocycles. The van der Waals surface area contributed by atoms with Gasteiger partial charge >= 0.3 is 5.97 Å². The molecule has 0 radical (unpaired) electrons. The molecule has 4 rings (SSSR count). The summed E-state index contributed by atoms with van der Waals surface area (Å²) in [7, 11) is 0. The number of carbonyl (C=O) groups is 3. The monoisotopic (exact) mass is 581 g/mol. The number of carboxylic acids is 1. The highest BCUT2D eigenvalue weighted by Gasteiger charge is 2.35. The van der Waals surface area contributed by atoms with E-state index in [1.165, 1.54) is 4.90 Å². The summed E-state index contributed by atoms with van der Waals surface area (Å²) < 4.78 is 5.85. The molecule has 0 fully saturated rings. The minimum Gasteiger partial charge on any atom is -0.489 e. The Morgan fingerprint density at radius 1 is 1.02 bits per heavy atom. The van der Waals surface area contributed by atoms with Crippen molar-refractivity contribution in [2.75, 3.05) is 0 Å². The smallest absolute Gasteiger partial charge is 0.352 e. The third kappa shape index (κ3) is 6.94. The number of aromatic amines is 1. The van der Waals surface area contributed by atoms with Crippen LogP contribution in [0.4, 0.5) is 0 Å². The predicted molar refractivity (Wildman–Crippen MR) is 155 cm³/mol. The molecule has 8 nitrogen and oxygen atoms in total. The van der Waals surface area contributed by atoms with Crippen molar-refractivity contribution in [2.45, 2.75) is 45.5 Å². The van der Waals surface area contributed by atoms with Crippen molar-refractivity contribution in [1.29, 1.82) is 0 Å². The Labute approximate surface area is 241 Å². The predicted octanol–water partition coefficient (Wildman–Crippen LogP) is 6.37. The lowest BCUT2D eigenvalue weighted by molar-refractivity contribution is -0.134. The highest BCUT2D eigenvalue weighted by Crippen LogP contribution is 2.34. The number of aromatic nitrogens is 1. The molecule has 0 spiro atoms. The fourth-order valence-corrected chi connectivity index (χ4v) is 4.80. The van der Waals surface area contributed by atoms with Gasteiger partial charge in [0.2, 0.25) is 12.3 Å². The Balaban J connectivity index is 1.66. The van der Waals surface area contributed by atoms with Crippen LogP contribution in [0.1, 0.15) is 54.0 Å². The molecule has 1 heterocycles. The number of H-pyrrole nitrogens is 1. The SMILES string of the molecule is CC(C)(C)NC(=O)C(c1c(C(=O)O)[nH]c2cc(Cl)ccc12)N(C=O)Cc1ccc(OCc2cccc(Cl)c2)cc1. The van der Waals surface area contributed by atoms with Gasteiger partial charge in [-0.1, -0.05) is 53.5 Å². The Morgan fingerprint density at radius 2 is 1.73 bits per heavy atom. The number of hydrogen-bond acceptors (Lipinski definition) is 4. The van der Waals surface area contributed by atoms with E-state index in [0.717, 1.165) is 11.1 Å². The van der Waals surface area contributed by atoms with Crippen molar-refractivity contribution in [3.05, 3.63) is 99.2 Å². The van der Waals surface area contributed by atoms with E-state index >= 15 is 0 Å². The van der Waals surface area contributed by atoms with Crippen molar-refractivity contribution in [1.82, 2.24) is 15.2 Å². The van der Waals surface area contributed by atoms with Gasteiger partial charge in [-0.3, -0.25) is 9.59 Å². The van der Waals surface area contributed by atoms with Crippen molar-refractivity contribution < 1.29 is 24.2 Å². The van der Waals surface area contributed by atoms with Crippen LogP contribution in [0.25, 0.3) is 10.9 Å². The Morgan fingerprint density at radius 3 is 2.35 bits per heavy atom. The summed E-state index contributed by atoms with van der Waals surface area (Å²) in [5.74, 6) is -1.16. The van der Waals surface area contributed by atoms with Crippen LogP contribution in [0.5, 0.6) is 5.75 Å². The van der Waals surface area contributed by atoms with Crippen LogP contribution in [0.2, 0.25) is 10.0 Å². The Bertz CT molecular complexity index is 1540. The number of rotatable bonds is 10. The summed E-state index contributed by atoms with van der Waals surface area (Å²) in [4.78, 5) is 42.5. The van der Waals surface area contributed by atoms with E-state index in [0.29, 0.717) is 39.7 Å². The van der Waals surface area contributed by atoms with Crippen molar-refractivity contribution in [3.8, 4) is 5.75 Å². The van der Waals surface area contributed by atoms with E-state index in [-0.39, 0.29) is 17.8 Å². The number of hydrogen-bond donors (Lipinski definition) is 3. The largest absolute Gasteiger partial charge is 0.489 e. The maximum absolute atomic E-state index is 13.7. The second-order valence-corrected chi connectivity index (χ2v) is 11.3. The first-order valence-corrected chi connectivity index (χ1v) is 13.2. The standard InChI is InChI=1S/C30H29Cl2N3O5/c1-30(2,3)34-28(37)27(25-23-12-9-21(32)14-24(23)33-26(25)29(38)39)35(17-36)15-18-7-10-22(11-8-18)40-16-19-5-4-6-20(31)13-19/h4-14,17,27,33H,15-16H2,1-3H3,(H,34,37)(H,38,39). The number of carbonyl (C=O) groups excluding carboxylic acids is 2. The average Bonchev–Trinajstić information content (AvgIpc) is 3.25. The maximum atomic E-state index is 13.7. The molecule has 0 aliphatic rings. The summed E-state index contributed by atoms with van der Waals surface area (Å²) in [5.41, 5.74) is 1.43. The van der Waals surface area contributed by atoms with E-state index in [1.54, 1.807) is 48.5 Å². The topological polar surface area (TPSA) is 112 Å². The first-order valence-electron chi connectivity index (χ1n) is 12.5. The van der Waals surface area contributed by atoms with E-state index in [9.17, 15) is 19.5 Å². The van der Waals surface area contributed by atoms with Crippen LogP contribution < -0.4 is 10.1 Å². The zero-order valence-electron chi connectivity index (χ0n) is 22.2. The molecule has 0 saturated carbocycles. The van der Waals surface area contributed by atoms with Crippen LogP contribution in [0.15, 0.2) is 66.7 Å². The number of ether oxygens (including phenoxy) is 1. The number of nitrogens with zero attached hydrogens (tertiary/aromatic N) is 1. The number of halogens is 2. The number of carboxylic acid groups (broad SMARTS) is 1. The summed E-state index contributed by atoms with van der Waals surface area (Å²) in [6.07, 6.45) is 0.552. The van der Waals surface area contributed by atoms with Gasteiger partial charge in [-0.2, -0.15) is 0 Å². The minimum absolute atomic E-state index is 0.0413. The van der Waals surface area contributed by atoms with E-state index in [2.05, 4.69) is 10.3 Å². The molecule has 1 aromatic heterocycles. The molecule has 0 saturated heterocycles. The number of benzene rings is 3. The van der Waals surface area contributed by atoms with Crippen LogP contribution in [0, 0.1) is 0 Å². The van der Waals surface area contributed by atoms with Gasteiger partial charge < -0.3 is 25.0 Å². The van der Waals surface area contributed by atoms with Crippen LogP contribution in [-0.2, 0) is 22.7 Å². The lowest BCUT2D eigenvalue weighted by Gasteiger charge is -2.31. The van der Waals surface area contributed by atoms with Crippen molar-refractivity contribution in [3.63, 3.8) is 0 Å². The molecule has 0 bridgehead atoms. The van der Waals surface area contributed by atoms with E-state index < -0.39 is 23.5 Å². The number of nitrogens with one attached hydrogen (secondary N) is 2. The van der Waals surface area contributed by atoms with Gasteiger partial charge in [-0.15, -0.1) is 0 Å². The van der Waals surface area contributed by atoms with Gasteiger partial charge in [0, 0.05) is 38.6 Å². The van der Waals surface area contributed by atoms with Gasteiger partial charge in [-0.25, -0.2) is 4.79 Å². The molecular formula is C30H29Cl2N3O5. The normalized spacial score (nSPS) is 12.1. The number of amides is 2. The highest BCUT2D eigenvalue weighted by molar-refractivity contribution is 6.31. The molecule has 10 heteroatoms. The first-order chi connectivity index (χ1) is 18.9. The van der Waals surface area contributed by atoms with Crippen LogP contribution in [-0.4, -0.2) is 38.8 Å². The number of aromatic carboxylic acids is 1. The van der Waals surface area contributed by atoms with Gasteiger partial charge in [0.15, 0.2) is 0 Å². The summed E-state index contributed by atoms with van der Waals surface area (Å²) in [6, 6.07) is 18.1. The van der Waals surface area contributed by atoms with E-state index in [1.807, 2.05) is 39.0 Å². The zero-order valence-corrected chi connectivity index (χ0v) is 23.7. The highest BCUT2D eigenvalue weighted by atomic mass is 35.5. The van der Waals surface area contributed by atoms with Gasteiger partial charge in [-0.05, 0) is 68.3 Å². The Hall–Kier alpha value is -4.01. The first kappa shape index (κ1) is 29.0. The Kier molecular flexibility index (Phi) is 8.71. The van der Waals surface area contributed by atoms with Crippen molar-refractivity contribution >= 4 is 52.4 Å².